The van der Waals surface area contributed by atoms with E-state index < -0.39 is 24.0 Å². The molecule has 8 heteroatoms. The Kier molecular flexibility index (Phi) is 8.45. The standard InChI is InChI=1S/C32H35N3O5/c1-35(18-21-9-3-2-4-10-21)19-29(30(36)33-23-16-15-22(17-23)31(37)38)34-32(39)40-20-28-26-13-7-5-11-24(26)25-12-6-8-14-27(25)28/h2-14,22-23,28-29H,15-20H2,1H3,(H,33,36)(H,34,39)(H,37,38)/t22-,23+,29?/m1/s1. The van der Waals surface area contributed by atoms with Crippen LogP contribution in [0.2, 0.25) is 0 Å². The number of amides is 2. The van der Waals surface area contributed by atoms with E-state index >= 15 is 0 Å². The molecule has 2 aliphatic rings. The molecule has 3 N–H and O–H groups in total. The van der Waals surface area contributed by atoms with Crippen molar-refractivity contribution in [3.05, 3.63) is 95.6 Å². The number of hydrogen-bond donors (Lipinski definition) is 3. The van der Waals surface area contributed by atoms with E-state index in [9.17, 15) is 19.5 Å². The van der Waals surface area contributed by atoms with Crippen molar-refractivity contribution in [1.29, 1.82) is 0 Å². The molecule has 0 aliphatic heterocycles. The third-order valence-electron chi connectivity index (χ3n) is 7.87. The Labute approximate surface area is 234 Å². The van der Waals surface area contributed by atoms with Crippen LogP contribution in [0.5, 0.6) is 0 Å². The number of aliphatic carboxylic acids is 1. The number of ether oxygens (including phenoxy) is 1. The maximum atomic E-state index is 13.3. The summed E-state index contributed by atoms with van der Waals surface area (Å²) in [4.78, 5) is 39.7. The molecule has 0 saturated heterocycles. The van der Waals surface area contributed by atoms with Crippen molar-refractivity contribution in [2.45, 2.75) is 43.8 Å². The lowest BCUT2D eigenvalue weighted by atomic mass is 9.98. The molecule has 8 nitrogen and oxygen atoms in total. The molecule has 2 amide bonds. The molecule has 3 atom stereocenters. The van der Waals surface area contributed by atoms with Crippen molar-refractivity contribution in [3.8, 4) is 11.1 Å². The molecule has 0 radical (unpaired) electrons. The summed E-state index contributed by atoms with van der Waals surface area (Å²) in [6.07, 6.45) is 0.849. The fourth-order valence-corrected chi connectivity index (χ4v) is 5.89. The molecular formula is C32H35N3O5. The fraction of sp³-hybridized carbons (Fsp3) is 0.344. The van der Waals surface area contributed by atoms with E-state index in [0.29, 0.717) is 25.8 Å². The number of carboxylic acid groups (broad SMARTS) is 1. The first-order valence-corrected chi connectivity index (χ1v) is 13.8. The third kappa shape index (κ3) is 6.34. The average Bonchev–Trinajstić information content (AvgIpc) is 3.55. The molecule has 3 aromatic rings. The van der Waals surface area contributed by atoms with Crippen LogP contribution >= 0.6 is 0 Å². The van der Waals surface area contributed by atoms with Crippen LogP contribution < -0.4 is 10.6 Å². The predicted molar refractivity (Wildman–Crippen MR) is 152 cm³/mol. The molecular weight excluding hydrogens is 506 g/mol. The summed E-state index contributed by atoms with van der Waals surface area (Å²) < 4.78 is 5.71. The first-order valence-electron chi connectivity index (χ1n) is 13.8. The second-order valence-corrected chi connectivity index (χ2v) is 10.8. The first-order chi connectivity index (χ1) is 19.4. The SMILES string of the molecule is CN(Cc1ccccc1)CC(NC(=O)OCC1c2ccccc2-c2ccccc21)C(=O)N[C@H]1CC[C@@H](C(=O)O)C1. The van der Waals surface area contributed by atoms with E-state index in [-0.39, 0.29) is 31.0 Å². The van der Waals surface area contributed by atoms with Gasteiger partial charge in [-0.25, -0.2) is 4.79 Å². The van der Waals surface area contributed by atoms with Gasteiger partial charge >= 0.3 is 12.1 Å². The molecule has 1 fully saturated rings. The molecule has 208 valence electrons. The highest BCUT2D eigenvalue weighted by Crippen LogP contribution is 2.44. The van der Waals surface area contributed by atoms with Crippen molar-refractivity contribution in [2.24, 2.45) is 5.92 Å². The quantitative estimate of drug-likeness (QED) is 0.351. The topological polar surface area (TPSA) is 108 Å². The number of benzene rings is 3. The van der Waals surface area contributed by atoms with E-state index in [1.807, 2.05) is 66.5 Å². The number of rotatable bonds is 10. The van der Waals surface area contributed by atoms with Crippen LogP contribution in [0.1, 0.15) is 41.9 Å². The normalized spacial score (nSPS) is 18.6. The van der Waals surface area contributed by atoms with Crippen LogP contribution in [0, 0.1) is 5.92 Å². The largest absolute Gasteiger partial charge is 0.481 e. The molecule has 5 rings (SSSR count). The monoisotopic (exact) mass is 541 g/mol. The van der Waals surface area contributed by atoms with Gasteiger partial charge in [0.15, 0.2) is 0 Å². The summed E-state index contributed by atoms with van der Waals surface area (Å²) in [5.74, 6) is -1.73. The van der Waals surface area contributed by atoms with Crippen molar-refractivity contribution in [3.63, 3.8) is 0 Å². The van der Waals surface area contributed by atoms with Gasteiger partial charge in [0.1, 0.15) is 12.6 Å². The highest BCUT2D eigenvalue weighted by Gasteiger charge is 2.33. The lowest BCUT2D eigenvalue weighted by molar-refractivity contribution is -0.141. The van der Waals surface area contributed by atoms with Gasteiger partial charge in [-0.2, -0.15) is 0 Å². The van der Waals surface area contributed by atoms with Gasteiger partial charge in [-0.3, -0.25) is 14.5 Å². The maximum absolute atomic E-state index is 13.3. The van der Waals surface area contributed by atoms with Crippen molar-refractivity contribution in [2.75, 3.05) is 20.2 Å². The second kappa shape index (κ2) is 12.3. The predicted octanol–water partition coefficient (Wildman–Crippen LogP) is 4.40. The van der Waals surface area contributed by atoms with Gasteiger partial charge in [0.25, 0.3) is 0 Å². The number of alkyl carbamates (subject to hydrolysis) is 1. The Bertz CT molecular complexity index is 1320. The van der Waals surface area contributed by atoms with E-state index in [1.54, 1.807) is 0 Å². The molecule has 40 heavy (non-hydrogen) atoms. The van der Waals surface area contributed by atoms with Crippen molar-refractivity contribution >= 4 is 18.0 Å². The van der Waals surface area contributed by atoms with Gasteiger partial charge < -0.3 is 20.5 Å². The Hall–Kier alpha value is -4.17. The summed E-state index contributed by atoms with van der Waals surface area (Å²) in [5.41, 5.74) is 5.60. The number of carboxylic acids is 1. The Balaban J connectivity index is 1.24. The summed E-state index contributed by atoms with van der Waals surface area (Å²) in [6.45, 7) is 1.01. The number of nitrogens with one attached hydrogen (secondary N) is 2. The minimum Gasteiger partial charge on any atom is -0.481 e. The molecule has 0 spiro atoms. The zero-order valence-corrected chi connectivity index (χ0v) is 22.6. The van der Waals surface area contributed by atoms with Gasteiger partial charge in [-0.1, -0.05) is 78.9 Å². The minimum absolute atomic E-state index is 0.0855. The van der Waals surface area contributed by atoms with Gasteiger partial charge in [-0.15, -0.1) is 0 Å². The van der Waals surface area contributed by atoms with E-state index in [2.05, 4.69) is 34.9 Å². The number of carbonyl (C=O) groups is 3. The number of hydrogen-bond acceptors (Lipinski definition) is 5. The second-order valence-electron chi connectivity index (χ2n) is 10.8. The summed E-state index contributed by atoms with van der Waals surface area (Å²) in [5, 5.41) is 15.1. The van der Waals surface area contributed by atoms with Crippen LogP contribution in [0.4, 0.5) is 4.79 Å². The van der Waals surface area contributed by atoms with Gasteiger partial charge in [0.05, 0.1) is 5.92 Å². The highest BCUT2D eigenvalue weighted by atomic mass is 16.5. The Morgan fingerprint density at radius 3 is 2.17 bits per heavy atom. The highest BCUT2D eigenvalue weighted by molar-refractivity contribution is 5.86. The molecule has 3 aromatic carbocycles. The summed E-state index contributed by atoms with van der Waals surface area (Å²) in [7, 11) is 1.89. The van der Waals surface area contributed by atoms with Crippen molar-refractivity contribution < 1.29 is 24.2 Å². The maximum Gasteiger partial charge on any atom is 0.407 e. The zero-order valence-electron chi connectivity index (χ0n) is 22.6. The summed E-state index contributed by atoms with van der Waals surface area (Å²) in [6, 6.07) is 25.0. The van der Waals surface area contributed by atoms with Crippen LogP contribution in [0.15, 0.2) is 78.9 Å². The van der Waals surface area contributed by atoms with Gasteiger partial charge in [-0.05, 0) is 54.1 Å². The van der Waals surface area contributed by atoms with Crippen LogP contribution in [0.25, 0.3) is 11.1 Å². The number of fused-ring (bicyclic) bond motifs is 3. The smallest absolute Gasteiger partial charge is 0.407 e. The lowest BCUT2D eigenvalue weighted by Crippen LogP contribution is -2.53. The Morgan fingerprint density at radius 2 is 1.55 bits per heavy atom. The number of carbonyl (C=O) groups excluding carboxylic acids is 2. The van der Waals surface area contributed by atoms with E-state index in [0.717, 1.165) is 27.8 Å². The third-order valence-corrected chi connectivity index (χ3v) is 7.87. The minimum atomic E-state index is -0.867. The molecule has 2 aliphatic carbocycles. The molecule has 0 heterocycles. The molecule has 0 bridgehead atoms. The fourth-order valence-electron chi connectivity index (χ4n) is 5.89. The molecule has 1 unspecified atom stereocenters. The van der Waals surface area contributed by atoms with Crippen molar-refractivity contribution in [1.82, 2.24) is 15.5 Å². The zero-order chi connectivity index (χ0) is 28.1. The van der Waals surface area contributed by atoms with Crippen LogP contribution in [0.3, 0.4) is 0 Å². The van der Waals surface area contributed by atoms with E-state index in [1.165, 1.54) is 0 Å². The van der Waals surface area contributed by atoms with Gasteiger partial charge in [0.2, 0.25) is 5.91 Å². The number of likely N-dealkylation sites (N-methyl/N-ethyl adjacent to an activating group) is 1. The summed E-state index contributed by atoms with van der Waals surface area (Å²) >= 11 is 0. The first kappa shape index (κ1) is 27.4. The van der Waals surface area contributed by atoms with Gasteiger partial charge in [0, 0.05) is 25.0 Å². The average molecular weight is 542 g/mol. The molecule has 1 saturated carbocycles. The van der Waals surface area contributed by atoms with Crippen LogP contribution in [-0.4, -0.2) is 60.3 Å². The molecule has 0 aromatic heterocycles. The lowest BCUT2D eigenvalue weighted by Gasteiger charge is -2.26. The number of nitrogens with zero attached hydrogens (tertiary/aromatic N) is 1. The van der Waals surface area contributed by atoms with E-state index in [4.69, 9.17) is 4.74 Å². The van der Waals surface area contributed by atoms with Crippen LogP contribution in [-0.2, 0) is 20.9 Å². The Morgan fingerprint density at radius 1 is 0.925 bits per heavy atom.